The van der Waals surface area contributed by atoms with Gasteiger partial charge < -0.3 is 5.32 Å². The van der Waals surface area contributed by atoms with E-state index in [0.717, 1.165) is 29.5 Å². The molecule has 0 saturated carbocycles. The molecule has 1 heterocycles. The summed E-state index contributed by atoms with van der Waals surface area (Å²) < 4.78 is 1.93. The minimum atomic E-state index is -0.00407. The summed E-state index contributed by atoms with van der Waals surface area (Å²) in [5, 5.41) is 7.59. The minimum Gasteiger partial charge on any atom is -0.345 e. The van der Waals surface area contributed by atoms with Gasteiger partial charge in [0.1, 0.15) is 0 Å². The Kier molecular flexibility index (Phi) is 3.55. The van der Waals surface area contributed by atoms with E-state index in [9.17, 15) is 4.79 Å². The van der Waals surface area contributed by atoms with Crippen molar-refractivity contribution in [3.05, 3.63) is 52.8 Å². The number of carbonyl (C=O) groups is 1. The molecule has 4 heteroatoms. The van der Waals surface area contributed by atoms with E-state index in [0.29, 0.717) is 0 Å². The summed E-state index contributed by atoms with van der Waals surface area (Å²) in [5.41, 5.74) is 4.29. The molecule has 22 heavy (non-hydrogen) atoms. The molecule has 2 aromatic rings. The van der Waals surface area contributed by atoms with Gasteiger partial charge >= 0.3 is 0 Å². The van der Waals surface area contributed by atoms with Crippen molar-refractivity contribution >= 4 is 5.91 Å². The number of hydrogen-bond acceptors (Lipinski definition) is 2. The Hall–Kier alpha value is -2.10. The zero-order chi connectivity index (χ0) is 15.9. The number of benzene rings is 1. The van der Waals surface area contributed by atoms with E-state index in [1.54, 1.807) is 0 Å². The van der Waals surface area contributed by atoms with E-state index in [4.69, 9.17) is 0 Å². The molecule has 116 valence electrons. The maximum absolute atomic E-state index is 12.6. The SMILES string of the molecule is Cc1ccccc1C(=O)NC1CC(C)(C)Cc2c1cnn2C. The van der Waals surface area contributed by atoms with Gasteiger partial charge in [0.05, 0.1) is 12.2 Å². The zero-order valence-corrected chi connectivity index (χ0v) is 13.7. The van der Waals surface area contributed by atoms with E-state index in [2.05, 4.69) is 24.3 Å². The monoisotopic (exact) mass is 297 g/mol. The number of nitrogens with zero attached hydrogens (tertiary/aromatic N) is 2. The van der Waals surface area contributed by atoms with Crippen LogP contribution in [0.3, 0.4) is 0 Å². The smallest absolute Gasteiger partial charge is 0.252 e. The number of rotatable bonds is 2. The van der Waals surface area contributed by atoms with E-state index >= 15 is 0 Å². The van der Waals surface area contributed by atoms with E-state index < -0.39 is 0 Å². The number of fused-ring (bicyclic) bond motifs is 1. The zero-order valence-electron chi connectivity index (χ0n) is 13.7. The minimum absolute atomic E-state index is 0.00407. The van der Waals surface area contributed by atoms with E-state index in [-0.39, 0.29) is 17.4 Å². The van der Waals surface area contributed by atoms with Crippen molar-refractivity contribution < 1.29 is 4.79 Å². The first kappa shape index (κ1) is 14.8. The highest BCUT2D eigenvalue weighted by molar-refractivity contribution is 5.95. The van der Waals surface area contributed by atoms with Gasteiger partial charge in [-0.25, -0.2) is 0 Å². The average molecular weight is 297 g/mol. The lowest BCUT2D eigenvalue weighted by Crippen LogP contribution is -2.37. The van der Waals surface area contributed by atoms with Gasteiger partial charge in [-0.1, -0.05) is 32.0 Å². The van der Waals surface area contributed by atoms with Crippen LogP contribution in [-0.2, 0) is 13.5 Å². The Morgan fingerprint density at radius 1 is 1.36 bits per heavy atom. The molecule has 1 aliphatic rings. The molecule has 0 fully saturated rings. The number of hydrogen-bond donors (Lipinski definition) is 1. The number of nitrogens with one attached hydrogen (secondary N) is 1. The molecular weight excluding hydrogens is 274 g/mol. The second-order valence-electron chi connectivity index (χ2n) is 7.06. The Labute approximate surface area is 131 Å². The first-order valence-corrected chi connectivity index (χ1v) is 7.75. The lowest BCUT2D eigenvalue weighted by Gasteiger charge is -2.35. The third-order valence-electron chi connectivity index (χ3n) is 4.57. The first-order valence-electron chi connectivity index (χ1n) is 7.75. The van der Waals surface area contributed by atoms with Crippen LogP contribution in [0.15, 0.2) is 30.5 Å². The van der Waals surface area contributed by atoms with Gasteiger partial charge in [0.2, 0.25) is 0 Å². The molecule has 0 saturated heterocycles. The molecule has 1 aromatic heterocycles. The lowest BCUT2D eigenvalue weighted by atomic mass is 9.74. The van der Waals surface area contributed by atoms with Gasteiger partial charge in [0.25, 0.3) is 5.91 Å². The van der Waals surface area contributed by atoms with E-state index in [1.807, 2.05) is 49.1 Å². The highest BCUT2D eigenvalue weighted by Gasteiger charge is 2.35. The summed E-state index contributed by atoms with van der Waals surface area (Å²) in [5.74, 6) is -0.00407. The van der Waals surface area contributed by atoms with Crippen molar-refractivity contribution in [1.82, 2.24) is 15.1 Å². The van der Waals surface area contributed by atoms with Crippen molar-refractivity contribution in [3.8, 4) is 0 Å². The molecule has 1 atom stereocenters. The van der Waals surface area contributed by atoms with Crippen molar-refractivity contribution in [2.24, 2.45) is 12.5 Å². The van der Waals surface area contributed by atoms with Crippen LogP contribution < -0.4 is 5.32 Å². The third kappa shape index (κ3) is 2.65. The van der Waals surface area contributed by atoms with E-state index in [1.165, 1.54) is 5.69 Å². The summed E-state index contributed by atoms with van der Waals surface area (Å²) in [6.07, 6.45) is 3.83. The van der Waals surface area contributed by atoms with Crippen molar-refractivity contribution in [2.75, 3.05) is 0 Å². The van der Waals surface area contributed by atoms with Crippen LogP contribution in [0, 0.1) is 12.3 Å². The molecule has 1 N–H and O–H groups in total. The van der Waals surface area contributed by atoms with Crippen LogP contribution in [-0.4, -0.2) is 15.7 Å². The Morgan fingerprint density at radius 2 is 2.09 bits per heavy atom. The quantitative estimate of drug-likeness (QED) is 0.925. The van der Waals surface area contributed by atoms with Gasteiger partial charge in [0.15, 0.2) is 0 Å². The first-order chi connectivity index (χ1) is 10.4. The number of amides is 1. The summed E-state index contributed by atoms with van der Waals surface area (Å²) in [4.78, 5) is 12.6. The maximum Gasteiger partial charge on any atom is 0.252 e. The van der Waals surface area contributed by atoms with Gasteiger partial charge in [-0.2, -0.15) is 5.10 Å². The average Bonchev–Trinajstić information content (AvgIpc) is 2.79. The van der Waals surface area contributed by atoms with Crippen molar-refractivity contribution in [2.45, 2.75) is 39.7 Å². The fraction of sp³-hybridized carbons (Fsp3) is 0.444. The molecule has 1 aromatic carbocycles. The van der Waals surface area contributed by atoms with Crippen LogP contribution in [0.25, 0.3) is 0 Å². The van der Waals surface area contributed by atoms with Gasteiger partial charge in [0, 0.05) is 23.9 Å². The number of aryl methyl sites for hydroxylation is 2. The van der Waals surface area contributed by atoms with Crippen molar-refractivity contribution in [1.29, 1.82) is 0 Å². The molecule has 1 amide bonds. The number of aromatic nitrogens is 2. The molecule has 4 nitrogen and oxygen atoms in total. The molecule has 1 aliphatic carbocycles. The molecule has 3 rings (SSSR count). The second-order valence-corrected chi connectivity index (χ2v) is 7.06. The molecule has 0 aliphatic heterocycles. The predicted molar refractivity (Wildman–Crippen MR) is 86.7 cm³/mol. The summed E-state index contributed by atoms with van der Waals surface area (Å²) in [6, 6.07) is 7.73. The maximum atomic E-state index is 12.6. The number of carbonyl (C=O) groups excluding carboxylic acids is 1. The van der Waals surface area contributed by atoms with Gasteiger partial charge in [-0.05, 0) is 36.8 Å². The Balaban J connectivity index is 1.89. The van der Waals surface area contributed by atoms with Gasteiger partial charge in [-0.3, -0.25) is 9.48 Å². The Bertz CT molecular complexity index is 715. The summed E-state index contributed by atoms with van der Waals surface area (Å²) in [7, 11) is 1.97. The second kappa shape index (κ2) is 5.27. The van der Waals surface area contributed by atoms with Crippen LogP contribution in [0.4, 0.5) is 0 Å². The van der Waals surface area contributed by atoms with Crippen molar-refractivity contribution in [3.63, 3.8) is 0 Å². The molecule has 0 bridgehead atoms. The van der Waals surface area contributed by atoms with Crippen LogP contribution >= 0.6 is 0 Å². The van der Waals surface area contributed by atoms with Gasteiger partial charge in [-0.15, -0.1) is 0 Å². The largest absolute Gasteiger partial charge is 0.345 e. The van der Waals surface area contributed by atoms with Crippen LogP contribution in [0.1, 0.15) is 53.5 Å². The Morgan fingerprint density at radius 3 is 2.82 bits per heavy atom. The highest BCUT2D eigenvalue weighted by Crippen LogP contribution is 2.40. The normalized spacial score (nSPS) is 19.5. The van der Waals surface area contributed by atoms with Crippen LogP contribution in [0.5, 0.6) is 0 Å². The fourth-order valence-electron chi connectivity index (χ4n) is 3.37. The molecule has 0 radical (unpaired) electrons. The summed E-state index contributed by atoms with van der Waals surface area (Å²) >= 11 is 0. The fourth-order valence-corrected chi connectivity index (χ4v) is 3.37. The molecular formula is C18H23N3O. The molecule has 0 spiro atoms. The predicted octanol–water partition coefficient (Wildman–Crippen LogP) is 3.17. The van der Waals surface area contributed by atoms with Crippen LogP contribution in [0.2, 0.25) is 0 Å². The highest BCUT2D eigenvalue weighted by atomic mass is 16.1. The summed E-state index contributed by atoms with van der Waals surface area (Å²) in [6.45, 7) is 6.46. The topological polar surface area (TPSA) is 46.9 Å². The standard InChI is InChI=1S/C18H23N3O/c1-12-7-5-6-8-13(12)17(22)20-15-9-18(2,3)10-16-14(15)11-19-21(16)4/h5-8,11,15H,9-10H2,1-4H3,(H,20,22). The molecule has 1 unspecified atom stereocenters. The lowest BCUT2D eigenvalue weighted by molar-refractivity contribution is 0.0918. The third-order valence-corrected chi connectivity index (χ3v) is 4.57.